The van der Waals surface area contributed by atoms with Gasteiger partial charge in [0.2, 0.25) is 0 Å². The van der Waals surface area contributed by atoms with Crippen LogP contribution in [0.1, 0.15) is 24.3 Å². The molecular formula is C16H18N4O3S. The molecule has 1 saturated heterocycles. The predicted molar refractivity (Wildman–Crippen MR) is 92.2 cm³/mol. The van der Waals surface area contributed by atoms with Gasteiger partial charge in [-0.25, -0.2) is 4.98 Å². The highest BCUT2D eigenvalue weighted by molar-refractivity contribution is 7.13. The van der Waals surface area contributed by atoms with Crippen LogP contribution >= 0.6 is 11.3 Å². The smallest absolute Gasteiger partial charge is 0.273 e. The molecular weight excluding hydrogens is 328 g/mol. The van der Waals surface area contributed by atoms with Gasteiger partial charge < -0.3 is 10.2 Å². The number of non-ortho nitro benzene ring substituents is 1. The van der Waals surface area contributed by atoms with Crippen LogP contribution in [0.25, 0.3) is 10.6 Å². The Hall–Kier alpha value is -2.32. The van der Waals surface area contributed by atoms with Crippen molar-refractivity contribution in [3.8, 4) is 10.6 Å². The van der Waals surface area contributed by atoms with Gasteiger partial charge in [-0.15, -0.1) is 11.3 Å². The van der Waals surface area contributed by atoms with Gasteiger partial charge in [0, 0.05) is 48.2 Å². The van der Waals surface area contributed by atoms with E-state index in [4.69, 9.17) is 0 Å². The second-order valence-electron chi connectivity index (χ2n) is 5.83. The van der Waals surface area contributed by atoms with E-state index in [1.807, 2.05) is 11.8 Å². The number of carbonyl (C=O) groups is 1. The minimum absolute atomic E-state index is 0.0140. The third-order valence-corrected chi connectivity index (χ3v) is 5.21. The number of rotatable bonds is 3. The molecule has 8 heteroatoms. The van der Waals surface area contributed by atoms with Crippen molar-refractivity contribution in [3.63, 3.8) is 0 Å². The Balaban J connectivity index is 1.84. The predicted octanol–water partition coefficient (Wildman–Crippen LogP) is 2.54. The second-order valence-corrected chi connectivity index (χ2v) is 6.69. The van der Waals surface area contributed by atoms with Gasteiger partial charge >= 0.3 is 0 Å². The summed E-state index contributed by atoms with van der Waals surface area (Å²) in [6, 6.07) is 6.62. The largest absolute Gasteiger partial charge is 0.332 e. The lowest BCUT2D eigenvalue weighted by molar-refractivity contribution is -0.384. The molecule has 2 unspecified atom stereocenters. The van der Waals surface area contributed by atoms with Crippen molar-refractivity contribution in [2.45, 2.75) is 25.9 Å². The molecule has 0 spiro atoms. The zero-order chi connectivity index (χ0) is 17.3. The zero-order valence-corrected chi connectivity index (χ0v) is 14.2. The van der Waals surface area contributed by atoms with Gasteiger partial charge in [0.15, 0.2) is 0 Å². The normalized spacial score (nSPS) is 20.8. The Morgan fingerprint density at radius 2 is 2.25 bits per heavy atom. The van der Waals surface area contributed by atoms with Gasteiger partial charge in [0.05, 0.1) is 4.92 Å². The maximum atomic E-state index is 12.7. The lowest BCUT2D eigenvalue weighted by Crippen LogP contribution is -2.57. The average molecular weight is 346 g/mol. The first kappa shape index (κ1) is 16.5. The van der Waals surface area contributed by atoms with E-state index in [0.29, 0.717) is 22.8 Å². The Labute approximate surface area is 143 Å². The van der Waals surface area contributed by atoms with E-state index in [9.17, 15) is 14.9 Å². The lowest BCUT2D eigenvalue weighted by Gasteiger charge is -2.38. The van der Waals surface area contributed by atoms with Crippen LogP contribution in [-0.2, 0) is 0 Å². The maximum Gasteiger partial charge on any atom is 0.273 e. The molecule has 24 heavy (non-hydrogen) atoms. The molecule has 2 heterocycles. The highest BCUT2D eigenvalue weighted by atomic mass is 32.1. The highest BCUT2D eigenvalue weighted by Crippen LogP contribution is 2.27. The van der Waals surface area contributed by atoms with Crippen molar-refractivity contribution >= 4 is 22.9 Å². The number of benzene rings is 1. The summed E-state index contributed by atoms with van der Waals surface area (Å²) in [5, 5.41) is 16.6. The molecule has 0 aliphatic carbocycles. The van der Waals surface area contributed by atoms with E-state index < -0.39 is 4.92 Å². The number of nitro groups is 1. The molecule has 0 radical (unpaired) electrons. The molecule has 2 aromatic rings. The fourth-order valence-electron chi connectivity index (χ4n) is 2.75. The fourth-order valence-corrected chi connectivity index (χ4v) is 3.54. The monoisotopic (exact) mass is 346 g/mol. The summed E-state index contributed by atoms with van der Waals surface area (Å²) in [6.45, 7) is 5.48. The second kappa shape index (κ2) is 6.66. The van der Waals surface area contributed by atoms with Crippen LogP contribution in [-0.4, -0.2) is 45.9 Å². The van der Waals surface area contributed by atoms with Crippen LogP contribution in [0.3, 0.4) is 0 Å². The Kier molecular flexibility index (Phi) is 4.59. The van der Waals surface area contributed by atoms with Gasteiger partial charge in [-0.1, -0.05) is 12.1 Å². The van der Waals surface area contributed by atoms with Crippen LogP contribution < -0.4 is 5.32 Å². The van der Waals surface area contributed by atoms with Gasteiger partial charge in [-0.3, -0.25) is 14.9 Å². The molecule has 126 valence electrons. The minimum Gasteiger partial charge on any atom is -0.332 e. The Morgan fingerprint density at radius 1 is 1.46 bits per heavy atom. The number of nitrogens with one attached hydrogen (secondary N) is 1. The third-order valence-electron chi connectivity index (χ3n) is 4.32. The number of thiazole rings is 1. The summed E-state index contributed by atoms with van der Waals surface area (Å²) in [5.41, 5.74) is 1.05. The summed E-state index contributed by atoms with van der Waals surface area (Å²) in [4.78, 5) is 29.4. The summed E-state index contributed by atoms with van der Waals surface area (Å²) in [5.74, 6) is -0.0937. The molecule has 1 N–H and O–H groups in total. The average Bonchev–Trinajstić information content (AvgIpc) is 3.07. The molecule has 0 bridgehead atoms. The van der Waals surface area contributed by atoms with Gasteiger partial charge in [0.25, 0.3) is 11.6 Å². The van der Waals surface area contributed by atoms with Crippen LogP contribution in [0.15, 0.2) is 29.6 Å². The maximum absolute atomic E-state index is 12.7. The highest BCUT2D eigenvalue weighted by Gasteiger charge is 2.30. The first-order valence-electron chi connectivity index (χ1n) is 7.72. The first-order valence-corrected chi connectivity index (χ1v) is 8.60. The number of hydrogen-bond donors (Lipinski definition) is 1. The molecule has 1 amide bonds. The summed E-state index contributed by atoms with van der Waals surface area (Å²) < 4.78 is 0. The van der Waals surface area contributed by atoms with Gasteiger partial charge in [-0.05, 0) is 13.8 Å². The van der Waals surface area contributed by atoms with E-state index >= 15 is 0 Å². The minimum atomic E-state index is -0.438. The van der Waals surface area contributed by atoms with Crippen molar-refractivity contribution in [1.82, 2.24) is 15.2 Å². The Bertz CT molecular complexity index is 776. The molecule has 1 fully saturated rings. The SMILES string of the molecule is CC1NCCN(C(=O)c2csc(-c3cccc([N+](=O)[O-])c3)n2)C1C. The van der Waals surface area contributed by atoms with Gasteiger partial charge in [-0.2, -0.15) is 0 Å². The van der Waals surface area contributed by atoms with Gasteiger partial charge in [0.1, 0.15) is 10.7 Å². The number of nitrogens with zero attached hydrogens (tertiary/aromatic N) is 3. The van der Waals surface area contributed by atoms with Crippen LogP contribution in [0.2, 0.25) is 0 Å². The zero-order valence-electron chi connectivity index (χ0n) is 13.4. The van der Waals surface area contributed by atoms with Crippen molar-refractivity contribution in [3.05, 3.63) is 45.5 Å². The van der Waals surface area contributed by atoms with E-state index in [2.05, 4.69) is 17.2 Å². The van der Waals surface area contributed by atoms with E-state index in [0.717, 1.165) is 6.54 Å². The number of piperazine rings is 1. The van der Waals surface area contributed by atoms with E-state index in [-0.39, 0.29) is 23.7 Å². The van der Waals surface area contributed by atoms with E-state index in [1.165, 1.54) is 23.5 Å². The van der Waals surface area contributed by atoms with Crippen LogP contribution in [0, 0.1) is 10.1 Å². The summed E-state index contributed by atoms with van der Waals surface area (Å²) >= 11 is 1.32. The number of nitro benzene ring substituents is 1. The van der Waals surface area contributed by atoms with Crippen molar-refractivity contribution < 1.29 is 9.72 Å². The number of amides is 1. The number of hydrogen-bond acceptors (Lipinski definition) is 6. The first-order chi connectivity index (χ1) is 11.5. The Morgan fingerprint density at radius 3 is 3.00 bits per heavy atom. The molecule has 3 rings (SSSR count). The topological polar surface area (TPSA) is 88.4 Å². The number of carbonyl (C=O) groups excluding carboxylic acids is 1. The standard InChI is InChI=1S/C16H18N4O3S/c1-10-11(2)19(7-6-17-10)16(21)14-9-24-15(18-14)12-4-3-5-13(8-12)20(22)23/h3-5,8-11,17H,6-7H2,1-2H3. The van der Waals surface area contributed by atoms with Crippen molar-refractivity contribution in [2.75, 3.05) is 13.1 Å². The molecule has 7 nitrogen and oxygen atoms in total. The molecule has 1 aliphatic rings. The third kappa shape index (κ3) is 3.15. The summed E-state index contributed by atoms with van der Waals surface area (Å²) in [6.07, 6.45) is 0. The number of aromatic nitrogens is 1. The summed E-state index contributed by atoms with van der Waals surface area (Å²) in [7, 11) is 0. The fraction of sp³-hybridized carbons (Fsp3) is 0.375. The molecule has 1 aromatic heterocycles. The molecule has 0 saturated carbocycles. The molecule has 1 aliphatic heterocycles. The quantitative estimate of drug-likeness (QED) is 0.681. The van der Waals surface area contributed by atoms with E-state index in [1.54, 1.807) is 17.5 Å². The molecule has 1 aromatic carbocycles. The van der Waals surface area contributed by atoms with Crippen molar-refractivity contribution in [2.24, 2.45) is 0 Å². The lowest BCUT2D eigenvalue weighted by atomic mass is 10.1. The van der Waals surface area contributed by atoms with Crippen LogP contribution in [0.5, 0.6) is 0 Å². The van der Waals surface area contributed by atoms with Crippen molar-refractivity contribution in [1.29, 1.82) is 0 Å². The van der Waals surface area contributed by atoms with Crippen LogP contribution in [0.4, 0.5) is 5.69 Å². The molecule has 2 atom stereocenters.